The van der Waals surface area contributed by atoms with Crippen molar-refractivity contribution in [3.8, 4) is 0 Å². The van der Waals surface area contributed by atoms with Gasteiger partial charge in [0, 0.05) is 18.2 Å². The van der Waals surface area contributed by atoms with E-state index in [0.29, 0.717) is 31.7 Å². The molecule has 0 saturated heterocycles. The third kappa shape index (κ3) is 4.47. The van der Waals surface area contributed by atoms with Gasteiger partial charge in [0.05, 0.1) is 6.61 Å². The van der Waals surface area contributed by atoms with Crippen molar-refractivity contribution >= 4 is 5.91 Å². The first-order valence-electron chi connectivity index (χ1n) is 6.35. The van der Waals surface area contributed by atoms with Crippen LogP contribution in [0.15, 0.2) is 24.3 Å². The fourth-order valence-corrected chi connectivity index (χ4v) is 1.75. The Morgan fingerprint density at radius 3 is 2.83 bits per heavy atom. The van der Waals surface area contributed by atoms with Crippen molar-refractivity contribution in [2.75, 3.05) is 19.8 Å². The second-order valence-electron chi connectivity index (χ2n) is 4.23. The maximum Gasteiger partial charge on any atom is 0.251 e. The number of ether oxygens (including phenoxy) is 1. The highest BCUT2D eigenvalue weighted by atomic mass is 16.5. The molecule has 1 aromatic rings. The molecule has 1 rings (SSSR count). The number of benzene rings is 1. The molecule has 0 aliphatic heterocycles. The van der Waals surface area contributed by atoms with Crippen LogP contribution in [0.4, 0.5) is 0 Å². The van der Waals surface area contributed by atoms with Crippen LogP contribution in [0.2, 0.25) is 0 Å². The standard InChI is InChI=1S/C14H22N2O2/c1-3-18-10-11(2)16-14(17)13-7-5-4-6-12(13)8-9-15/h4-7,11H,3,8-10,15H2,1-2H3,(H,16,17). The molecule has 0 bridgehead atoms. The van der Waals surface area contributed by atoms with Crippen molar-refractivity contribution in [2.24, 2.45) is 5.73 Å². The van der Waals surface area contributed by atoms with Gasteiger partial charge < -0.3 is 15.8 Å². The Morgan fingerprint density at radius 1 is 1.44 bits per heavy atom. The number of rotatable bonds is 7. The zero-order valence-corrected chi connectivity index (χ0v) is 11.1. The summed E-state index contributed by atoms with van der Waals surface area (Å²) in [5.74, 6) is -0.0637. The fourth-order valence-electron chi connectivity index (χ4n) is 1.75. The average Bonchev–Trinajstić information content (AvgIpc) is 2.37. The summed E-state index contributed by atoms with van der Waals surface area (Å²) in [6, 6.07) is 7.55. The summed E-state index contributed by atoms with van der Waals surface area (Å²) in [6.45, 7) is 5.59. The molecule has 0 fully saturated rings. The van der Waals surface area contributed by atoms with Gasteiger partial charge in [-0.05, 0) is 38.4 Å². The lowest BCUT2D eigenvalue weighted by Crippen LogP contribution is -2.36. The fraction of sp³-hybridized carbons (Fsp3) is 0.500. The lowest BCUT2D eigenvalue weighted by Gasteiger charge is -2.15. The molecule has 1 atom stereocenters. The number of carbonyl (C=O) groups is 1. The van der Waals surface area contributed by atoms with Crippen LogP contribution in [0.1, 0.15) is 29.8 Å². The molecule has 0 spiro atoms. The molecule has 100 valence electrons. The highest BCUT2D eigenvalue weighted by Gasteiger charge is 2.12. The van der Waals surface area contributed by atoms with Crippen LogP contribution in [0.25, 0.3) is 0 Å². The molecule has 0 radical (unpaired) electrons. The van der Waals surface area contributed by atoms with Gasteiger partial charge in [-0.1, -0.05) is 18.2 Å². The Kier molecular flexibility index (Phi) is 6.39. The van der Waals surface area contributed by atoms with Gasteiger partial charge in [0.15, 0.2) is 0 Å². The van der Waals surface area contributed by atoms with E-state index in [2.05, 4.69) is 5.32 Å². The van der Waals surface area contributed by atoms with Crippen LogP contribution >= 0.6 is 0 Å². The molecule has 4 heteroatoms. The van der Waals surface area contributed by atoms with E-state index in [0.717, 1.165) is 5.56 Å². The molecule has 0 aliphatic rings. The van der Waals surface area contributed by atoms with Crippen molar-refractivity contribution in [3.05, 3.63) is 35.4 Å². The Labute approximate surface area is 109 Å². The maximum atomic E-state index is 12.1. The zero-order valence-electron chi connectivity index (χ0n) is 11.1. The van der Waals surface area contributed by atoms with Gasteiger partial charge >= 0.3 is 0 Å². The van der Waals surface area contributed by atoms with Gasteiger partial charge in [-0.15, -0.1) is 0 Å². The van der Waals surface area contributed by atoms with Crippen LogP contribution in [0.3, 0.4) is 0 Å². The summed E-state index contributed by atoms with van der Waals surface area (Å²) in [7, 11) is 0. The lowest BCUT2D eigenvalue weighted by atomic mass is 10.0. The van der Waals surface area contributed by atoms with Gasteiger partial charge in [0.2, 0.25) is 0 Å². The van der Waals surface area contributed by atoms with Crippen LogP contribution in [0.5, 0.6) is 0 Å². The Morgan fingerprint density at radius 2 is 2.17 bits per heavy atom. The van der Waals surface area contributed by atoms with Crippen molar-refractivity contribution in [1.82, 2.24) is 5.32 Å². The summed E-state index contributed by atoms with van der Waals surface area (Å²) in [5, 5.41) is 2.93. The lowest BCUT2D eigenvalue weighted by molar-refractivity contribution is 0.0871. The van der Waals surface area contributed by atoms with Crippen LogP contribution in [-0.4, -0.2) is 31.7 Å². The van der Waals surface area contributed by atoms with Gasteiger partial charge in [-0.3, -0.25) is 4.79 Å². The highest BCUT2D eigenvalue weighted by Crippen LogP contribution is 2.09. The Bertz CT molecular complexity index is 380. The number of amides is 1. The van der Waals surface area contributed by atoms with Crippen LogP contribution in [-0.2, 0) is 11.2 Å². The van der Waals surface area contributed by atoms with Crippen molar-refractivity contribution in [2.45, 2.75) is 26.3 Å². The number of hydrogen-bond acceptors (Lipinski definition) is 3. The van der Waals surface area contributed by atoms with E-state index in [9.17, 15) is 4.79 Å². The monoisotopic (exact) mass is 250 g/mol. The molecule has 0 aromatic heterocycles. The smallest absolute Gasteiger partial charge is 0.251 e. The first-order chi connectivity index (χ1) is 8.69. The SMILES string of the molecule is CCOCC(C)NC(=O)c1ccccc1CCN. The van der Waals surface area contributed by atoms with E-state index in [1.807, 2.05) is 38.1 Å². The average molecular weight is 250 g/mol. The largest absolute Gasteiger partial charge is 0.380 e. The normalized spacial score (nSPS) is 12.2. The van der Waals surface area contributed by atoms with Crippen LogP contribution < -0.4 is 11.1 Å². The zero-order chi connectivity index (χ0) is 13.4. The van der Waals surface area contributed by atoms with E-state index < -0.39 is 0 Å². The van der Waals surface area contributed by atoms with E-state index in [1.54, 1.807) is 0 Å². The quantitative estimate of drug-likeness (QED) is 0.767. The van der Waals surface area contributed by atoms with Crippen LogP contribution in [0, 0.1) is 0 Å². The van der Waals surface area contributed by atoms with Gasteiger partial charge in [-0.2, -0.15) is 0 Å². The van der Waals surface area contributed by atoms with Gasteiger partial charge in [0.25, 0.3) is 5.91 Å². The highest BCUT2D eigenvalue weighted by molar-refractivity contribution is 5.95. The number of carbonyl (C=O) groups excluding carboxylic acids is 1. The summed E-state index contributed by atoms with van der Waals surface area (Å²) >= 11 is 0. The first-order valence-corrected chi connectivity index (χ1v) is 6.35. The molecule has 18 heavy (non-hydrogen) atoms. The molecule has 0 saturated carbocycles. The van der Waals surface area contributed by atoms with Gasteiger partial charge in [-0.25, -0.2) is 0 Å². The number of hydrogen-bond donors (Lipinski definition) is 2. The minimum atomic E-state index is -0.0637. The molecule has 1 amide bonds. The maximum absolute atomic E-state index is 12.1. The molecule has 0 heterocycles. The molecule has 1 aromatic carbocycles. The predicted molar refractivity (Wildman–Crippen MR) is 72.6 cm³/mol. The second-order valence-corrected chi connectivity index (χ2v) is 4.23. The minimum Gasteiger partial charge on any atom is -0.380 e. The number of nitrogens with two attached hydrogens (primary N) is 1. The molecule has 4 nitrogen and oxygen atoms in total. The minimum absolute atomic E-state index is 0.00313. The Hall–Kier alpha value is -1.39. The van der Waals surface area contributed by atoms with Gasteiger partial charge in [0.1, 0.15) is 0 Å². The summed E-state index contributed by atoms with van der Waals surface area (Å²) in [4.78, 5) is 12.1. The van der Waals surface area contributed by atoms with Crippen molar-refractivity contribution in [3.63, 3.8) is 0 Å². The third-order valence-corrected chi connectivity index (χ3v) is 2.63. The molecule has 3 N–H and O–H groups in total. The first kappa shape index (κ1) is 14.7. The molecular formula is C14H22N2O2. The third-order valence-electron chi connectivity index (χ3n) is 2.63. The summed E-state index contributed by atoms with van der Waals surface area (Å²) < 4.78 is 5.28. The molecular weight excluding hydrogens is 228 g/mol. The van der Waals surface area contributed by atoms with E-state index in [-0.39, 0.29) is 11.9 Å². The van der Waals surface area contributed by atoms with Crippen molar-refractivity contribution < 1.29 is 9.53 Å². The Balaban J connectivity index is 2.65. The summed E-state index contributed by atoms with van der Waals surface area (Å²) in [6.07, 6.45) is 0.712. The van der Waals surface area contributed by atoms with E-state index in [1.165, 1.54) is 0 Å². The topological polar surface area (TPSA) is 64.3 Å². The van der Waals surface area contributed by atoms with E-state index >= 15 is 0 Å². The number of nitrogens with one attached hydrogen (secondary N) is 1. The predicted octanol–water partition coefficient (Wildman–Crippen LogP) is 1.34. The summed E-state index contributed by atoms with van der Waals surface area (Å²) in [5.41, 5.74) is 7.23. The van der Waals surface area contributed by atoms with E-state index in [4.69, 9.17) is 10.5 Å². The molecule has 1 unspecified atom stereocenters. The second kappa shape index (κ2) is 7.84. The molecule has 0 aliphatic carbocycles. The van der Waals surface area contributed by atoms with Crippen molar-refractivity contribution in [1.29, 1.82) is 0 Å².